The molecule has 17 heavy (non-hydrogen) atoms. The fourth-order valence-corrected chi connectivity index (χ4v) is 2.11. The Morgan fingerprint density at radius 3 is 2.65 bits per heavy atom. The number of benzene rings is 1. The van der Waals surface area contributed by atoms with Crippen LogP contribution in [-0.2, 0) is 13.1 Å². The van der Waals surface area contributed by atoms with E-state index in [0.29, 0.717) is 17.8 Å². The zero-order chi connectivity index (χ0) is 12.3. The van der Waals surface area contributed by atoms with E-state index in [1.165, 1.54) is 12.1 Å². The first-order valence-corrected chi connectivity index (χ1v) is 6.62. The molecular formula is C12H10Br2FNO. The zero-order valence-electron chi connectivity index (χ0n) is 8.84. The predicted octanol–water partition coefficient (Wildman–Crippen LogP) is 4.23. The molecule has 0 radical (unpaired) electrons. The molecule has 0 aliphatic heterocycles. The van der Waals surface area contributed by atoms with Crippen molar-refractivity contribution in [1.82, 2.24) is 5.32 Å². The Kier molecular flexibility index (Phi) is 4.36. The lowest BCUT2D eigenvalue weighted by Crippen LogP contribution is -2.12. The van der Waals surface area contributed by atoms with Crippen molar-refractivity contribution in [2.45, 2.75) is 13.1 Å². The molecule has 0 saturated heterocycles. The van der Waals surface area contributed by atoms with Gasteiger partial charge in [-0.3, -0.25) is 0 Å². The largest absolute Gasteiger partial charge is 0.452 e. The van der Waals surface area contributed by atoms with Gasteiger partial charge in [0.2, 0.25) is 0 Å². The van der Waals surface area contributed by atoms with E-state index in [9.17, 15) is 4.39 Å². The summed E-state index contributed by atoms with van der Waals surface area (Å²) in [4.78, 5) is 0. The summed E-state index contributed by atoms with van der Waals surface area (Å²) < 4.78 is 19.9. The van der Waals surface area contributed by atoms with Gasteiger partial charge in [-0.1, -0.05) is 12.1 Å². The molecule has 0 saturated carbocycles. The van der Waals surface area contributed by atoms with Gasteiger partial charge in [0.05, 0.1) is 11.0 Å². The number of hydrogen-bond acceptors (Lipinski definition) is 2. The Morgan fingerprint density at radius 2 is 2.00 bits per heavy atom. The molecule has 0 unspecified atom stereocenters. The normalized spacial score (nSPS) is 10.8. The standard InChI is InChI=1S/C12H10Br2FNO/c13-11-5-10(17-12(11)14)7-16-6-8-2-1-3-9(15)4-8/h1-5,16H,6-7H2. The molecule has 0 fully saturated rings. The van der Waals surface area contributed by atoms with Gasteiger partial charge in [-0.15, -0.1) is 0 Å². The molecular weight excluding hydrogens is 353 g/mol. The van der Waals surface area contributed by atoms with Gasteiger partial charge in [0.15, 0.2) is 4.67 Å². The van der Waals surface area contributed by atoms with Crippen molar-refractivity contribution in [2.24, 2.45) is 0 Å². The van der Waals surface area contributed by atoms with Crippen molar-refractivity contribution >= 4 is 31.9 Å². The van der Waals surface area contributed by atoms with E-state index in [1.54, 1.807) is 6.07 Å². The number of nitrogens with one attached hydrogen (secondary N) is 1. The van der Waals surface area contributed by atoms with Crippen LogP contribution in [0.2, 0.25) is 0 Å². The first-order chi connectivity index (χ1) is 8.15. The molecule has 2 rings (SSSR count). The lowest BCUT2D eigenvalue weighted by Gasteiger charge is -2.02. The number of furan rings is 1. The summed E-state index contributed by atoms with van der Waals surface area (Å²) in [5, 5.41) is 3.18. The van der Waals surface area contributed by atoms with Gasteiger partial charge in [-0.2, -0.15) is 0 Å². The van der Waals surface area contributed by atoms with E-state index >= 15 is 0 Å². The second-order valence-electron chi connectivity index (χ2n) is 3.57. The van der Waals surface area contributed by atoms with Gasteiger partial charge >= 0.3 is 0 Å². The molecule has 0 atom stereocenters. The lowest BCUT2D eigenvalue weighted by atomic mass is 10.2. The first-order valence-electron chi connectivity index (χ1n) is 5.04. The fourth-order valence-electron chi connectivity index (χ4n) is 1.46. The van der Waals surface area contributed by atoms with Crippen molar-refractivity contribution < 1.29 is 8.81 Å². The monoisotopic (exact) mass is 361 g/mol. The Hall–Kier alpha value is -0.650. The van der Waals surface area contributed by atoms with Crippen LogP contribution in [0.5, 0.6) is 0 Å². The highest BCUT2D eigenvalue weighted by Gasteiger charge is 2.05. The van der Waals surface area contributed by atoms with Crippen LogP contribution in [0.25, 0.3) is 0 Å². The molecule has 5 heteroatoms. The van der Waals surface area contributed by atoms with Gasteiger partial charge in [-0.25, -0.2) is 4.39 Å². The minimum Gasteiger partial charge on any atom is -0.452 e. The van der Waals surface area contributed by atoms with E-state index in [2.05, 4.69) is 37.2 Å². The van der Waals surface area contributed by atoms with Crippen molar-refractivity contribution in [3.63, 3.8) is 0 Å². The summed E-state index contributed by atoms with van der Waals surface area (Å²) in [5.74, 6) is 0.605. The Bertz CT molecular complexity index is 493. The molecule has 2 aromatic rings. The maximum Gasteiger partial charge on any atom is 0.183 e. The molecule has 0 aliphatic rings. The van der Waals surface area contributed by atoms with Crippen LogP contribution in [0.4, 0.5) is 4.39 Å². The van der Waals surface area contributed by atoms with Crippen molar-refractivity contribution in [2.75, 3.05) is 0 Å². The molecule has 1 N–H and O–H groups in total. The molecule has 0 spiro atoms. The smallest absolute Gasteiger partial charge is 0.183 e. The summed E-state index contributed by atoms with van der Waals surface area (Å²) in [7, 11) is 0. The van der Waals surface area contributed by atoms with Crippen LogP contribution in [0, 0.1) is 5.82 Å². The number of hydrogen-bond donors (Lipinski definition) is 1. The number of halogens is 3. The second kappa shape index (κ2) is 5.80. The summed E-state index contributed by atoms with van der Waals surface area (Å²) in [6.07, 6.45) is 0. The van der Waals surface area contributed by atoms with Crippen LogP contribution in [0.1, 0.15) is 11.3 Å². The first kappa shape index (κ1) is 12.8. The van der Waals surface area contributed by atoms with Crippen molar-refractivity contribution in [1.29, 1.82) is 0 Å². The molecule has 0 bridgehead atoms. The highest BCUT2D eigenvalue weighted by molar-refractivity contribution is 9.13. The molecule has 90 valence electrons. The van der Waals surface area contributed by atoms with E-state index in [0.717, 1.165) is 15.8 Å². The minimum absolute atomic E-state index is 0.215. The highest BCUT2D eigenvalue weighted by Crippen LogP contribution is 2.26. The van der Waals surface area contributed by atoms with Crippen molar-refractivity contribution in [3.05, 3.63) is 56.6 Å². The van der Waals surface area contributed by atoms with Gasteiger partial charge in [0.25, 0.3) is 0 Å². The molecule has 0 amide bonds. The summed E-state index contributed by atoms with van der Waals surface area (Å²) >= 11 is 6.62. The van der Waals surface area contributed by atoms with Crippen LogP contribution in [-0.4, -0.2) is 0 Å². The van der Waals surface area contributed by atoms with Crippen LogP contribution in [0.15, 0.2) is 43.9 Å². The minimum atomic E-state index is -0.215. The maximum absolute atomic E-state index is 12.9. The number of rotatable bonds is 4. The van der Waals surface area contributed by atoms with E-state index in [4.69, 9.17) is 4.42 Å². The molecule has 1 heterocycles. The Balaban J connectivity index is 1.87. The van der Waals surface area contributed by atoms with Gasteiger partial charge in [-0.05, 0) is 55.6 Å². The average molecular weight is 363 g/mol. The Morgan fingerprint density at radius 1 is 1.18 bits per heavy atom. The van der Waals surface area contributed by atoms with Crippen LogP contribution in [0.3, 0.4) is 0 Å². The molecule has 1 aromatic carbocycles. The maximum atomic E-state index is 12.9. The molecule has 1 aromatic heterocycles. The predicted molar refractivity (Wildman–Crippen MR) is 71.1 cm³/mol. The SMILES string of the molecule is Fc1cccc(CNCc2cc(Br)c(Br)o2)c1. The lowest BCUT2D eigenvalue weighted by molar-refractivity contribution is 0.464. The third kappa shape index (κ3) is 3.66. The van der Waals surface area contributed by atoms with E-state index in [1.807, 2.05) is 12.1 Å². The third-order valence-corrected chi connectivity index (χ3v) is 3.92. The van der Waals surface area contributed by atoms with Crippen LogP contribution >= 0.6 is 31.9 Å². The molecule has 2 nitrogen and oxygen atoms in total. The third-order valence-electron chi connectivity index (χ3n) is 2.21. The van der Waals surface area contributed by atoms with Crippen molar-refractivity contribution in [3.8, 4) is 0 Å². The second-order valence-corrected chi connectivity index (χ2v) is 5.14. The van der Waals surface area contributed by atoms with Gasteiger partial charge in [0.1, 0.15) is 11.6 Å². The quantitative estimate of drug-likeness (QED) is 0.880. The van der Waals surface area contributed by atoms with Gasteiger partial charge < -0.3 is 9.73 Å². The summed E-state index contributed by atoms with van der Waals surface area (Å²) in [6.45, 7) is 1.20. The zero-order valence-corrected chi connectivity index (χ0v) is 12.0. The molecule has 0 aliphatic carbocycles. The van der Waals surface area contributed by atoms with E-state index < -0.39 is 0 Å². The van der Waals surface area contributed by atoms with E-state index in [-0.39, 0.29) is 5.82 Å². The topological polar surface area (TPSA) is 25.2 Å². The average Bonchev–Trinajstić information content (AvgIpc) is 2.58. The fraction of sp³-hybridized carbons (Fsp3) is 0.167. The van der Waals surface area contributed by atoms with Crippen LogP contribution < -0.4 is 5.32 Å². The summed E-state index contributed by atoms with van der Waals surface area (Å²) in [5.41, 5.74) is 0.912. The Labute approximate surface area is 115 Å². The highest BCUT2D eigenvalue weighted by atomic mass is 79.9. The summed E-state index contributed by atoms with van der Waals surface area (Å²) in [6, 6.07) is 8.42. The van der Waals surface area contributed by atoms with Gasteiger partial charge in [0, 0.05) is 6.54 Å².